The SMILES string of the molecule is Cc1ccc(N(CC(=O)N/N=C\c2cc(C)n(-c3ccc(C)c(C)c3)c2C)S(=O)(=O)c2ccccc2)cc1C. The van der Waals surface area contributed by atoms with Gasteiger partial charge in [-0.3, -0.25) is 9.10 Å². The van der Waals surface area contributed by atoms with Gasteiger partial charge in [0.15, 0.2) is 0 Å². The van der Waals surface area contributed by atoms with Crippen molar-refractivity contribution < 1.29 is 13.2 Å². The quantitative estimate of drug-likeness (QED) is 0.230. The topological polar surface area (TPSA) is 83.8 Å². The largest absolute Gasteiger partial charge is 0.318 e. The van der Waals surface area contributed by atoms with Crippen LogP contribution >= 0.6 is 0 Å². The van der Waals surface area contributed by atoms with E-state index in [2.05, 4.69) is 47.1 Å². The molecule has 0 aliphatic carbocycles. The summed E-state index contributed by atoms with van der Waals surface area (Å²) in [5, 5.41) is 4.16. The highest BCUT2D eigenvalue weighted by Crippen LogP contribution is 2.26. The van der Waals surface area contributed by atoms with Crippen LogP contribution in [0.5, 0.6) is 0 Å². The molecule has 202 valence electrons. The monoisotopic (exact) mass is 542 g/mol. The molecule has 0 unspecified atom stereocenters. The van der Waals surface area contributed by atoms with Gasteiger partial charge in [0.1, 0.15) is 6.54 Å². The van der Waals surface area contributed by atoms with Crippen molar-refractivity contribution >= 4 is 27.8 Å². The van der Waals surface area contributed by atoms with Crippen LogP contribution in [0.2, 0.25) is 0 Å². The van der Waals surface area contributed by atoms with E-state index in [4.69, 9.17) is 0 Å². The molecule has 1 heterocycles. The van der Waals surface area contributed by atoms with Gasteiger partial charge in [0.25, 0.3) is 15.9 Å². The van der Waals surface area contributed by atoms with E-state index < -0.39 is 22.5 Å². The number of amides is 1. The fourth-order valence-electron chi connectivity index (χ4n) is 4.44. The van der Waals surface area contributed by atoms with Crippen LogP contribution in [0.1, 0.15) is 39.2 Å². The molecule has 1 N–H and O–H groups in total. The lowest BCUT2D eigenvalue weighted by molar-refractivity contribution is -0.119. The zero-order valence-corrected chi connectivity index (χ0v) is 24.0. The maximum absolute atomic E-state index is 13.5. The van der Waals surface area contributed by atoms with Crippen molar-refractivity contribution in [1.82, 2.24) is 9.99 Å². The minimum atomic E-state index is -3.99. The molecule has 3 aromatic carbocycles. The number of carbonyl (C=O) groups excluding carboxylic acids is 1. The molecule has 7 nitrogen and oxygen atoms in total. The Bertz CT molecular complexity index is 1650. The Balaban J connectivity index is 1.56. The molecule has 0 saturated heterocycles. The summed E-state index contributed by atoms with van der Waals surface area (Å²) in [6.45, 7) is 11.6. The third kappa shape index (κ3) is 5.96. The molecule has 0 saturated carbocycles. The fourth-order valence-corrected chi connectivity index (χ4v) is 5.87. The summed E-state index contributed by atoms with van der Waals surface area (Å²) in [6.07, 6.45) is 1.59. The zero-order chi connectivity index (χ0) is 28.3. The molecule has 0 atom stereocenters. The molecule has 0 radical (unpaired) electrons. The first-order chi connectivity index (χ1) is 18.5. The van der Waals surface area contributed by atoms with Gasteiger partial charge in [-0.25, -0.2) is 13.8 Å². The second kappa shape index (κ2) is 11.3. The molecule has 4 rings (SSSR count). The summed E-state index contributed by atoms with van der Waals surface area (Å²) in [5.74, 6) is -0.549. The number of benzene rings is 3. The second-order valence-corrected chi connectivity index (χ2v) is 11.7. The molecule has 0 spiro atoms. The lowest BCUT2D eigenvalue weighted by Gasteiger charge is -2.24. The van der Waals surface area contributed by atoms with Gasteiger partial charge >= 0.3 is 0 Å². The van der Waals surface area contributed by atoms with Crippen LogP contribution in [-0.2, 0) is 14.8 Å². The van der Waals surface area contributed by atoms with Crippen LogP contribution in [0.3, 0.4) is 0 Å². The number of sulfonamides is 1. The van der Waals surface area contributed by atoms with Crippen LogP contribution in [0.25, 0.3) is 5.69 Å². The Kier molecular flexibility index (Phi) is 8.06. The van der Waals surface area contributed by atoms with Crippen LogP contribution in [0, 0.1) is 41.5 Å². The number of carbonyl (C=O) groups is 1. The summed E-state index contributed by atoms with van der Waals surface area (Å²) >= 11 is 0. The number of aromatic nitrogens is 1. The Hall–Kier alpha value is -4.17. The van der Waals surface area contributed by atoms with Crippen LogP contribution in [0.4, 0.5) is 5.69 Å². The average molecular weight is 543 g/mol. The van der Waals surface area contributed by atoms with Crippen molar-refractivity contribution in [1.29, 1.82) is 0 Å². The van der Waals surface area contributed by atoms with Gasteiger partial charge in [-0.2, -0.15) is 5.10 Å². The van der Waals surface area contributed by atoms with E-state index >= 15 is 0 Å². The first-order valence-electron chi connectivity index (χ1n) is 12.7. The average Bonchev–Trinajstić information content (AvgIpc) is 3.19. The smallest absolute Gasteiger partial charge is 0.264 e. The van der Waals surface area contributed by atoms with E-state index in [0.717, 1.165) is 38.1 Å². The van der Waals surface area contributed by atoms with E-state index in [-0.39, 0.29) is 4.90 Å². The van der Waals surface area contributed by atoms with Crippen molar-refractivity contribution in [3.63, 3.8) is 0 Å². The van der Waals surface area contributed by atoms with Gasteiger partial charge in [0.05, 0.1) is 16.8 Å². The molecule has 1 amide bonds. The molecule has 0 bridgehead atoms. The molecule has 1 aromatic heterocycles. The van der Waals surface area contributed by atoms with E-state index in [1.807, 2.05) is 39.8 Å². The van der Waals surface area contributed by atoms with E-state index in [9.17, 15) is 13.2 Å². The minimum absolute atomic E-state index is 0.110. The van der Waals surface area contributed by atoms with Crippen molar-refractivity contribution in [3.8, 4) is 5.69 Å². The van der Waals surface area contributed by atoms with Gasteiger partial charge in [-0.15, -0.1) is 0 Å². The second-order valence-electron chi connectivity index (χ2n) is 9.82. The third-order valence-electron chi connectivity index (χ3n) is 7.01. The van der Waals surface area contributed by atoms with Gasteiger partial charge in [-0.1, -0.05) is 30.3 Å². The predicted octanol–water partition coefficient (Wildman–Crippen LogP) is 5.67. The third-order valence-corrected chi connectivity index (χ3v) is 8.80. The zero-order valence-electron chi connectivity index (χ0n) is 23.2. The first-order valence-corrected chi connectivity index (χ1v) is 14.2. The summed E-state index contributed by atoms with van der Waals surface area (Å²) in [7, 11) is -3.99. The van der Waals surface area contributed by atoms with Gasteiger partial charge in [0.2, 0.25) is 0 Å². The lowest BCUT2D eigenvalue weighted by atomic mass is 10.1. The molecule has 39 heavy (non-hydrogen) atoms. The predicted molar refractivity (Wildman–Crippen MR) is 157 cm³/mol. The summed E-state index contributed by atoms with van der Waals surface area (Å²) in [5.41, 5.74) is 11.3. The van der Waals surface area contributed by atoms with E-state index in [1.165, 1.54) is 23.3 Å². The standard InChI is InChI=1S/C31H34N4O3S/c1-21-12-14-28(16-23(21)3)34(39(37,38)30-10-8-7-9-11-30)20-31(36)33-32-19-27-18-25(5)35(26(27)6)29-15-13-22(2)24(4)17-29/h7-19H,20H2,1-6H3,(H,33,36)/b32-19-. The number of hydrogen-bond donors (Lipinski definition) is 1. The number of rotatable bonds is 8. The molecular formula is C31H34N4O3S. The van der Waals surface area contributed by atoms with Crippen molar-refractivity contribution in [2.75, 3.05) is 10.8 Å². The van der Waals surface area contributed by atoms with Crippen molar-refractivity contribution in [2.24, 2.45) is 5.10 Å². The number of nitrogens with one attached hydrogen (secondary N) is 1. The van der Waals surface area contributed by atoms with Gasteiger partial charge in [0, 0.05) is 22.6 Å². The Morgan fingerprint density at radius 2 is 1.49 bits per heavy atom. The summed E-state index contributed by atoms with van der Waals surface area (Å²) in [6, 6.07) is 21.8. The maximum Gasteiger partial charge on any atom is 0.264 e. The van der Waals surface area contributed by atoms with E-state index in [0.29, 0.717) is 5.69 Å². The number of aryl methyl sites for hydroxylation is 5. The molecule has 0 fully saturated rings. The molecular weight excluding hydrogens is 508 g/mol. The first kappa shape index (κ1) is 27.9. The molecule has 0 aliphatic rings. The van der Waals surface area contributed by atoms with Crippen LogP contribution in [0.15, 0.2) is 82.8 Å². The van der Waals surface area contributed by atoms with Gasteiger partial charge in [-0.05, 0) is 106 Å². The Labute approximate surface area is 230 Å². The van der Waals surface area contributed by atoms with Crippen molar-refractivity contribution in [3.05, 3.63) is 112 Å². The molecule has 4 aromatic rings. The highest BCUT2D eigenvalue weighted by molar-refractivity contribution is 7.92. The molecule has 8 heteroatoms. The number of hydrogen-bond acceptors (Lipinski definition) is 4. The van der Waals surface area contributed by atoms with E-state index in [1.54, 1.807) is 36.5 Å². The van der Waals surface area contributed by atoms with Crippen molar-refractivity contribution in [2.45, 2.75) is 46.4 Å². The van der Waals surface area contributed by atoms with Crippen LogP contribution < -0.4 is 9.73 Å². The highest BCUT2D eigenvalue weighted by Gasteiger charge is 2.27. The minimum Gasteiger partial charge on any atom is -0.318 e. The van der Waals surface area contributed by atoms with Gasteiger partial charge < -0.3 is 4.57 Å². The lowest BCUT2D eigenvalue weighted by Crippen LogP contribution is -2.39. The maximum atomic E-state index is 13.5. The number of hydrazone groups is 1. The molecule has 0 aliphatic heterocycles. The summed E-state index contributed by atoms with van der Waals surface area (Å²) < 4.78 is 30.3. The number of anilines is 1. The normalized spacial score (nSPS) is 11.6. The highest BCUT2D eigenvalue weighted by atomic mass is 32.2. The Morgan fingerprint density at radius 3 is 2.13 bits per heavy atom. The number of nitrogens with zero attached hydrogens (tertiary/aromatic N) is 3. The fraction of sp³-hybridized carbons (Fsp3) is 0.226. The summed E-state index contributed by atoms with van der Waals surface area (Å²) in [4.78, 5) is 13.1. The van der Waals surface area contributed by atoms with Crippen LogP contribution in [-0.4, -0.2) is 31.7 Å². The Morgan fingerprint density at radius 1 is 0.846 bits per heavy atom.